The van der Waals surface area contributed by atoms with E-state index >= 15 is 0 Å². The van der Waals surface area contributed by atoms with Crippen molar-refractivity contribution >= 4 is 0 Å². The van der Waals surface area contributed by atoms with Crippen LogP contribution in [0.1, 0.15) is 89.2 Å². The maximum absolute atomic E-state index is 2.27. The Morgan fingerprint density at radius 2 is 1.05 bits per heavy atom. The minimum atomic E-state index is 1.30. The Kier molecular flexibility index (Phi) is 10.4. The topological polar surface area (TPSA) is 0 Å². The number of hydrogen-bond donors (Lipinski definition) is 0. The fourth-order valence-corrected chi connectivity index (χ4v) is 2.88. The number of benzene rings is 1. The second kappa shape index (κ2) is 12.0. The molecule has 0 spiro atoms. The van der Waals surface area contributed by atoms with Crippen molar-refractivity contribution in [2.75, 3.05) is 0 Å². The Hall–Kier alpha value is -0.780. The van der Waals surface area contributed by atoms with Gasteiger partial charge in [0, 0.05) is 0 Å². The highest BCUT2D eigenvalue weighted by molar-refractivity contribution is 5.28. The van der Waals surface area contributed by atoms with E-state index in [9.17, 15) is 0 Å². The Bertz CT molecular complexity index is 294. The average molecular weight is 274 g/mol. The molecule has 0 heteroatoms. The Labute approximate surface area is 127 Å². The van der Waals surface area contributed by atoms with Crippen LogP contribution in [0.25, 0.3) is 0 Å². The SMILES string of the molecule is CCCCCCCCCC.c1ccc2c(c1)CCCC2. The molecular weight excluding hydrogens is 240 g/mol. The molecule has 0 unspecified atom stereocenters. The first-order valence-electron chi connectivity index (χ1n) is 8.95. The second-order valence-corrected chi connectivity index (χ2v) is 6.10. The third-order valence-electron chi connectivity index (χ3n) is 4.22. The number of aryl methyl sites for hydroxylation is 2. The van der Waals surface area contributed by atoms with E-state index in [1.807, 2.05) is 0 Å². The largest absolute Gasteiger partial charge is 0.0654 e. The molecule has 0 N–H and O–H groups in total. The quantitative estimate of drug-likeness (QED) is 0.484. The molecule has 0 fully saturated rings. The van der Waals surface area contributed by atoms with E-state index in [0.29, 0.717) is 0 Å². The lowest BCUT2D eigenvalue weighted by atomic mass is 9.92. The normalized spacial score (nSPS) is 13.3. The maximum Gasteiger partial charge on any atom is -0.0276 e. The van der Waals surface area contributed by atoms with Gasteiger partial charge in [-0.3, -0.25) is 0 Å². The van der Waals surface area contributed by atoms with Gasteiger partial charge in [-0.1, -0.05) is 89.5 Å². The van der Waals surface area contributed by atoms with Crippen molar-refractivity contribution in [3.05, 3.63) is 35.4 Å². The molecule has 114 valence electrons. The van der Waals surface area contributed by atoms with Crippen LogP contribution in [0, 0.1) is 0 Å². The standard InChI is InChI=1S/C10H12.C10H22/c1-2-6-10-8-4-3-7-9(10)5-1;1-3-5-7-9-10-8-6-4-2/h1-2,5-6H,3-4,7-8H2;3-10H2,1-2H3. The van der Waals surface area contributed by atoms with Crippen molar-refractivity contribution in [3.63, 3.8) is 0 Å². The van der Waals surface area contributed by atoms with E-state index in [1.54, 1.807) is 11.1 Å². The van der Waals surface area contributed by atoms with E-state index in [0.717, 1.165) is 0 Å². The van der Waals surface area contributed by atoms with Crippen molar-refractivity contribution in [1.82, 2.24) is 0 Å². The van der Waals surface area contributed by atoms with Gasteiger partial charge < -0.3 is 0 Å². The van der Waals surface area contributed by atoms with Crippen molar-refractivity contribution < 1.29 is 0 Å². The molecule has 1 aliphatic carbocycles. The number of hydrogen-bond acceptors (Lipinski definition) is 0. The van der Waals surface area contributed by atoms with E-state index in [1.165, 1.54) is 77.0 Å². The van der Waals surface area contributed by atoms with E-state index < -0.39 is 0 Å². The number of fused-ring (bicyclic) bond motifs is 1. The molecule has 1 aromatic carbocycles. The number of rotatable bonds is 7. The summed E-state index contributed by atoms with van der Waals surface area (Å²) in [5, 5.41) is 0. The third kappa shape index (κ3) is 7.72. The molecular formula is C20H34. The summed E-state index contributed by atoms with van der Waals surface area (Å²) >= 11 is 0. The zero-order valence-electron chi connectivity index (χ0n) is 13.8. The first-order valence-corrected chi connectivity index (χ1v) is 8.95. The summed E-state index contributed by atoms with van der Waals surface area (Å²) < 4.78 is 0. The molecule has 0 bridgehead atoms. The lowest BCUT2D eigenvalue weighted by molar-refractivity contribution is 0.585. The monoisotopic (exact) mass is 274 g/mol. The summed E-state index contributed by atoms with van der Waals surface area (Å²) in [6.07, 6.45) is 16.8. The smallest absolute Gasteiger partial charge is 0.0276 e. The Morgan fingerprint density at radius 3 is 1.45 bits per heavy atom. The van der Waals surface area contributed by atoms with E-state index in [-0.39, 0.29) is 0 Å². The van der Waals surface area contributed by atoms with Gasteiger partial charge in [0.05, 0.1) is 0 Å². The zero-order chi connectivity index (χ0) is 14.5. The van der Waals surface area contributed by atoms with Crippen molar-refractivity contribution in [1.29, 1.82) is 0 Å². The summed E-state index contributed by atoms with van der Waals surface area (Å²) in [6.45, 7) is 4.54. The fourth-order valence-electron chi connectivity index (χ4n) is 2.88. The van der Waals surface area contributed by atoms with Crippen molar-refractivity contribution in [2.45, 2.75) is 90.9 Å². The summed E-state index contributed by atoms with van der Waals surface area (Å²) in [4.78, 5) is 0. The minimum absolute atomic E-state index is 1.30. The van der Waals surface area contributed by atoms with E-state index in [2.05, 4.69) is 38.1 Å². The Balaban J connectivity index is 0.000000200. The summed E-state index contributed by atoms with van der Waals surface area (Å²) in [5.41, 5.74) is 3.16. The van der Waals surface area contributed by atoms with Gasteiger partial charge in [-0.05, 0) is 36.8 Å². The summed E-state index contributed by atoms with van der Waals surface area (Å²) in [7, 11) is 0. The van der Waals surface area contributed by atoms with Crippen LogP contribution in [0.3, 0.4) is 0 Å². The molecule has 1 aromatic rings. The summed E-state index contributed by atoms with van der Waals surface area (Å²) in [5.74, 6) is 0. The van der Waals surface area contributed by atoms with Crippen LogP contribution in [0.4, 0.5) is 0 Å². The zero-order valence-corrected chi connectivity index (χ0v) is 13.8. The lowest BCUT2D eigenvalue weighted by Crippen LogP contribution is -2.00. The highest BCUT2D eigenvalue weighted by Crippen LogP contribution is 2.19. The first-order chi connectivity index (χ1) is 9.88. The van der Waals surface area contributed by atoms with Crippen LogP contribution in [0.5, 0.6) is 0 Å². The molecule has 0 saturated heterocycles. The molecule has 0 radical (unpaired) electrons. The lowest BCUT2D eigenvalue weighted by Gasteiger charge is -2.13. The minimum Gasteiger partial charge on any atom is -0.0654 e. The predicted molar refractivity (Wildman–Crippen MR) is 91.4 cm³/mol. The number of unbranched alkanes of at least 4 members (excludes halogenated alkanes) is 7. The Morgan fingerprint density at radius 1 is 0.650 bits per heavy atom. The molecule has 0 saturated carbocycles. The van der Waals surface area contributed by atoms with Gasteiger partial charge in [-0.15, -0.1) is 0 Å². The van der Waals surface area contributed by atoms with Gasteiger partial charge in [0.1, 0.15) is 0 Å². The average Bonchev–Trinajstić information content (AvgIpc) is 2.52. The van der Waals surface area contributed by atoms with Gasteiger partial charge in [-0.25, -0.2) is 0 Å². The molecule has 20 heavy (non-hydrogen) atoms. The molecule has 1 aliphatic rings. The summed E-state index contributed by atoms with van der Waals surface area (Å²) in [6, 6.07) is 8.80. The molecule has 0 heterocycles. The highest BCUT2D eigenvalue weighted by atomic mass is 14.1. The molecule has 0 nitrogen and oxygen atoms in total. The highest BCUT2D eigenvalue weighted by Gasteiger charge is 2.05. The van der Waals surface area contributed by atoms with Crippen LogP contribution >= 0.6 is 0 Å². The van der Waals surface area contributed by atoms with Crippen LogP contribution in [0.15, 0.2) is 24.3 Å². The molecule has 2 rings (SSSR count). The fraction of sp³-hybridized carbons (Fsp3) is 0.700. The molecule has 0 aliphatic heterocycles. The van der Waals surface area contributed by atoms with Crippen LogP contribution in [0.2, 0.25) is 0 Å². The van der Waals surface area contributed by atoms with Gasteiger partial charge >= 0.3 is 0 Å². The third-order valence-corrected chi connectivity index (χ3v) is 4.22. The molecule has 0 aromatic heterocycles. The maximum atomic E-state index is 2.27. The van der Waals surface area contributed by atoms with Crippen molar-refractivity contribution in [3.8, 4) is 0 Å². The van der Waals surface area contributed by atoms with Crippen LogP contribution < -0.4 is 0 Å². The van der Waals surface area contributed by atoms with Crippen molar-refractivity contribution in [2.24, 2.45) is 0 Å². The van der Waals surface area contributed by atoms with Gasteiger partial charge in [0.2, 0.25) is 0 Å². The van der Waals surface area contributed by atoms with Crippen LogP contribution in [-0.2, 0) is 12.8 Å². The second-order valence-electron chi connectivity index (χ2n) is 6.10. The predicted octanol–water partition coefficient (Wildman–Crippen LogP) is 6.71. The van der Waals surface area contributed by atoms with Crippen LogP contribution in [-0.4, -0.2) is 0 Å². The van der Waals surface area contributed by atoms with Gasteiger partial charge in [0.15, 0.2) is 0 Å². The van der Waals surface area contributed by atoms with Gasteiger partial charge in [-0.2, -0.15) is 0 Å². The molecule has 0 atom stereocenters. The first kappa shape index (κ1) is 17.3. The van der Waals surface area contributed by atoms with Gasteiger partial charge in [0.25, 0.3) is 0 Å². The molecule has 0 amide bonds. The van der Waals surface area contributed by atoms with E-state index in [4.69, 9.17) is 0 Å².